The fourth-order valence-electron chi connectivity index (χ4n) is 2.65. The van der Waals surface area contributed by atoms with Crippen LogP contribution in [0.25, 0.3) is 0 Å². The van der Waals surface area contributed by atoms with Crippen molar-refractivity contribution in [3.63, 3.8) is 0 Å². The van der Waals surface area contributed by atoms with Crippen LogP contribution in [0.15, 0.2) is 88.7 Å². The Morgan fingerprint density at radius 2 is 0.800 bits per heavy atom. The second-order valence-corrected chi connectivity index (χ2v) is 10.3. The summed E-state index contributed by atoms with van der Waals surface area (Å²) < 4.78 is 58.5. The van der Waals surface area contributed by atoms with E-state index in [4.69, 9.17) is 0 Å². The van der Waals surface area contributed by atoms with Crippen molar-refractivity contribution in [2.45, 2.75) is 9.79 Å². The van der Waals surface area contributed by atoms with Crippen LogP contribution in [0.2, 0.25) is 0 Å². The van der Waals surface area contributed by atoms with Gasteiger partial charge >= 0.3 is 103 Å². The van der Waals surface area contributed by atoms with Crippen molar-refractivity contribution in [2.75, 3.05) is 0 Å². The van der Waals surface area contributed by atoms with E-state index in [1.807, 2.05) is 6.07 Å². The number of benzene rings is 3. The normalized spacial score (nSPS) is 10.2. The average Bonchev–Trinajstić information content (AvgIpc) is 2.68. The fraction of sp³-hybridized carbons (Fsp3) is 0. The van der Waals surface area contributed by atoms with E-state index in [1.54, 1.807) is 24.3 Å². The van der Waals surface area contributed by atoms with Gasteiger partial charge in [0, 0.05) is 15.9 Å². The van der Waals surface area contributed by atoms with E-state index in [0.29, 0.717) is 15.9 Å². The first-order chi connectivity index (χ1) is 12.4. The molecular weight excluding hydrogens is 501 g/mol. The molecule has 0 heterocycles. The van der Waals surface area contributed by atoms with Crippen LogP contribution in [0, 0.1) is 0 Å². The van der Waals surface area contributed by atoms with Gasteiger partial charge in [0.05, 0.1) is 9.79 Å². The van der Waals surface area contributed by atoms with Crippen LogP contribution >= 0.6 is 7.14 Å². The van der Waals surface area contributed by atoms with E-state index >= 15 is 0 Å². The molecule has 3 aromatic rings. The second-order valence-electron chi connectivity index (χ2n) is 5.49. The Kier molecular flexibility index (Phi) is 16.6. The van der Waals surface area contributed by atoms with Crippen molar-refractivity contribution >= 4 is 147 Å². The minimum atomic E-state index is -3.27. The van der Waals surface area contributed by atoms with E-state index < -0.39 is 28.6 Å². The summed E-state index contributed by atoms with van der Waals surface area (Å²) in [5, 5.41) is 1.53. The fourth-order valence-corrected chi connectivity index (χ4v) is 6.06. The summed E-state index contributed by atoms with van der Waals surface area (Å²) in [6, 6.07) is 20.7. The van der Waals surface area contributed by atoms with E-state index in [1.165, 1.54) is 48.5 Å². The summed E-state index contributed by atoms with van der Waals surface area (Å²) in [6.45, 7) is 0. The molecule has 0 aliphatic rings. The molecule has 0 atom stereocenters. The van der Waals surface area contributed by atoms with Crippen LogP contribution in [0.3, 0.4) is 0 Å². The van der Waals surface area contributed by atoms with Crippen molar-refractivity contribution in [3.05, 3.63) is 78.9 Å². The monoisotopic (exact) mass is 522 g/mol. The first kappa shape index (κ1) is 33.2. The van der Waals surface area contributed by atoms with Crippen LogP contribution in [-0.4, -0.2) is 131 Å². The summed E-state index contributed by atoms with van der Waals surface area (Å²) in [4.78, 5) is 0.282. The average molecular weight is 523 g/mol. The number of rotatable bonds is 5. The topological polar surface area (TPSA) is 148 Å². The Balaban J connectivity index is 0. The summed E-state index contributed by atoms with van der Waals surface area (Å²) in [5.41, 5.74) is 0. The molecule has 0 unspecified atom stereocenters. The molecule has 30 heavy (non-hydrogen) atoms. The molecule has 0 aliphatic heterocycles. The van der Waals surface area contributed by atoms with Gasteiger partial charge in [-0.15, -0.1) is 0 Å². The van der Waals surface area contributed by atoms with E-state index in [0.717, 1.165) is 0 Å². The molecule has 0 saturated carbocycles. The van der Waals surface area contributed by atoms with Crippen LogP contribution in [0.5, 0.6) is 0 Å². The van der Waals surface area contributed by atoms with E-state index in [9.17, 15) is 21.4 Å². The summed E-state index contributed by atoms with van der Waals surface area (Å²) in [5.74, 6) is 0. The molecule has 4 N–H and O–H groups in total. The van der Waals surface area contributed by atoms with E-state index in [-0.39, 0.29) is 124 Å². The molecule has 0 aliphatic carbocycles. The van der Waals surface area contributed by atoms with Gasteiger partial charge in [-0.3, -0.25) is 0 Å². The predicted octanol–water partition coefficient (Wildman–Crippen LogP) is -1.68. The van der Waals surface area contributed by atoms with Gasteiger partial charge in [0.25, 0.3) is 0 Å². The zero-order valence-electron chi connectivity index (χ0n) is 14.4. The summed E-state index contributed by atoms with van der Waals surface area (Å²) in [7, 11) is -8.71. The van der Waals surface area contributed by atoms with Crippen LogP contribution in [0.4, 0.5) is 0 Å². The van der Waals surface area contributed by atoms with Gasteiger partial charge in [-0.05, 0) is 48.5 Å². The van der Waals surface area contributed by atoms with Crippen molar-refractivity contribution in [3.8, 4) is 0 Å². The Morgan fingerprint density at radius 3 is 1.10 bits per heavy atom. The molecule has 12 heteroatoms. The maximum atomic E-state index is 14.1. The molecule has 0 saturated heterocycles. The molecule has 3 aromatic carbocycles. The maximum absolute atomic E-state index is 14.1. The number of hydrogen-bond donors (Lipinski definition) is 2. The van der Waals surface area contributed by atoms with Crippen LogP contribution in [-0.2, 0) is 26.0 Å². The molecule has 0 amide bonds. The first-order valence-corrected chi connectivity index (χ1v) is 11.6. The molecule has 3 rings (SSSR count). The van der Waals surface area contributed by atoms with Crippen molar-refractivity contribution in [1.29, 1.82) is 0 Å². The van der Waals surface area contributed by atoms with Gasteiger partial charge in [-0.25, -0.2) is 16.8 Å². The molecule has 7 nitrogen and oxygen atoms in total. The Morgan fingerprint density at radius 1 is 0.500 bits per heavy atom. The van der Waals surface area contributed by atoms with Crippen LogP contribution in [0.1, 0.15) is 0 Å². The van der Waals surface area contributed by atoms with Gasteiger partial charge in [-0.1, -0.05) is 30.3 Å². The van der Waals surface area contributed by atoms with Gasteiger partial charge < -0.3 is 15.5 Å². The SMILES string of the molecule is O.O.O=[SH](=O)c1ccc(P(=O)(c2ccccc2)c2ccc([SH](=O)=O)cc2)cc1.[KH].[KH]. The van der Waals surface area contributed by atoms with Gasteiger partial charge in [0.2, 0.25) is 0 Å². The van der Waals surface area contributed by atoms with Crippen LogP contribution < -0.4 is 15.9 Å². The Bertz CT molecular complexity index is 1050. The molecule has 0 fully saturated rings. The zero-order valence-corrected chi connectivity index (χ0v) is 17.1. The third-order valence-corrected chi connectivity index (χ3v) is 8.48. The standard InChI is InChI=1S/C18H15O5PS2.2K.2H2O.2H/c19-24(14-4-2-1-3-5-14,15-6-10-17(11-7-15)25(20)21)16-8-12-18(13-9-16)26(22)23;;;;;;/h1-13,25-26H;;;2*1H2;;. The molecule has 0 aromatic heterocycles. The number of thiol groups is 2. The molecule has 0 bridgehead atoms. The van der Waals surface area contributed by atoms with Gasteiger partial charge in [0.15, 0.2) is 28.6 Å². The van der Waals surface area contributed by atoms with Crippen molar-refractivity contribution < 1.29 is 32.4 Å². The van der Waals surface area contributed by atoms with Crippen molar-refractivity contribution in [1.82, 2.24) is 0 Å². The molecule has 154 valence electrons. The zero-order chi connectivity index (χ0) is 18.7. The predicted molar refractivity (Wildman–Crippen MR) is 125 cm³/mol. The Hall–Kier alpha value is 0.983. The quantitative estimate of drug-likeness (QED) is 0.233. The number of hydrogen-bond acceptors (Lipinski definition) is 5. The van der Waals surface area contributed by atoms with E-state index in [2.05, 4.69) is 0 Å². The molecular formula is C18H21K2O7PS2. The second kappa shape index (κ2) is 15.0. The third-order valence-electron chi connectivity index (χ3n) is 3.97. The minimum absolute atomic E-state index is 0. The summed E-state index contributed by atoms with van der Waals surface area (Å²) >= 11 is 0. The van der Waals surface area contributed by atoms with Gasteiger partial charge in [-0.2, -0.15) is 0 Å². The van der Waals surface area contributed by atoms with Gasteiger partial charge in [0.1, 0.15) is 0 Å². The molecule has 0 spiro atoms. The third kappa shape index (κ3) is 7.51. The first-order valence-electron chi connectivity index (χ1n) is 7.58. The Labute approximate surface area is 263 Å². The summed E-state index contributed by atoms with van der Waals surface area (Å²) in [6.07, 6.45) is 0. The molecule has 0 radical (unpaired) electrons. The van der Waals surface area contributed by atoms with Crippen molar-refractivity contribution in [2.24, 2.45) is 0 Å².